The van der Waals surface area contributed by atoms with Crippen LogP contribution in [0.25, 0.3) is 0 Å². The summed E-state index contributed by atoms with van der Waals surface area (Å²) in [6.45, 7) is 2.66. The minimum absolute atomic E-state index is 0.144. The number of halogens is 1. The number of hydrogen-bond acceptors (Lipinski definition) is 4. The van der Waals surface area contributed by atoms with Crippen LogP contribution in [0.1, 0.15) is 55.3 Å². The van der Waals surface area contributed by atoms with Gasteiger partial charge < -0.3 is 5.32 Å². The summed E-state index contributed by atoms with van der Waals surface area (Å²) in [4.78, 5) is 25.0. The van der Waals surface area contributed by atoms with E-state index in [0.29, 0.717) is 0 Å². The van der Waals surface area contributed by atoms with Gasteiger partial charge in [0.25, 0.3) is 0 Å². The maximum Gasteiger partial charge on any atom is 0.231 e. The molecule has 0 unspecified atom stereocenters. The first-order chi connectivity index (χ1) is 15.1. The molecule has 1 aliphatic heterocycles. The van der Waals surface area contributed by atoms with Crippen molar-refractivity contribution in [2.24, 2.45) is 23.2 Å². The van der Waals surface area contributed by atoms with Gasteiger partial charge in [0, 0.05) is 29.7 Å². The second-order valence-electron chi connectivity index (χ2n) is 10.4. The Morgan fingerprint density at radius 1 is 1.06 bits per heavy atom. The van der Waals surface area contributed by atoms with Gasteiger partial charge >= 0.3 is 0 Å². The Balaban J connectivity index is 1.17. The van der Waals surface area contributed by atoms with Crippen molar-refractivity contribution in [2.75, 3.05) is 11.9 Å². The third kappa shape index (κ3) is 3.72. The monoisotopic (exact) mass is 480 g/mol. The summed E-state index contributed by atoms with van der Waals surface area (Å²) in [5.41, 5.74) is 3.34. The highest BCUT2D eigenvalue weighted by Crippen LogP contribution is 2.60. The average molecular weight is 481 g/mol. The molecule has 6 heteroatoms. The van der Waals surface area contributed by atoms with Crippen LogP contribution < -0.4 is 5.32 Å². The Morgan fingerprint density at radius 3 is 2.42 bits per heavy atom. The van der Waals surface area contributed by atoms with Gasteiger partial charge in [0.15, 0.2) is 0 Å². The molecule has 1 N–H and O–H groups in total. The van der Waals surface area contributed by atoms with Crippen molar-refractivity contribution < 1.29 is 4.79 Å². The summed E-state index contributed by atoms with van der Waals surface area (Å²) in [7, 11) is 0. The zero-order chi connectivity index (χ0) is 21.0. The molecule has 2 aromatic rings. The summed E-state index contributed by atoms with van der Waals surface area (Å²) in [6.07, 6.45) is 9.80. The Hall–Kier alpha value is -1.79. The van der Waals surface area contributed by atoms with Crippen LogP contribution >= 0.6 is 15.9 Å². The van der Waals surface area contributed by atoms with E-state index in [9.17, 15) is 4.79 Å². The fraction of sp³-hybridized carbons (Fsp3) is 0.560. The van der Waals surface area contributed by atoms with E-state index in [1.807, 2.05) is 0 Å². The van der Waals surface area contributed by atoms with E-state index in [1.165, 1.54) is 24.8 Å². The molecular formula is C25H29BrN4O. The van der Waals surface area contributed by atoms with Crippen molar-refractivity contribution in [1.29, 1.82) is 0 Å². The number of fused-ring (bicyclic) bond motifs is 1. The van der Waals surface area contributed by atoms with Crippen LogP contribution in [0.5, 0.6) is 0 Å². The Morgan fingerprint density at radius 2 is 1.74 bits per heavy atom. The number of anilines is 1. The van der Waals surface area contributed by atoms with Crippen molar-refractivity contribution >= 4 is 27.7 Å². The molecule has 4 saturated carbocycles. The molecule has 5 nitrogen and oxygen atoms in total. The molecule has 0 radical (unpaired) electrons. The van der Waals surface area contributed by atoms with E-state index in [-0.39, 0.29) is 11.3 Å². The predicted molar refractivity (Wildman–Crippen MR) is 123 cm³/mol. The zero-order valence-corrected chi connectivity index (χ0v) is 19.4. The van der Waals surface area contributed by atoms with E-state index in [2.05, 4.69) is 60.4 Å². The summed E-state index contributed by atoms with van der Waals surface area (Å²) in [5.74, 6) is 3.29. The first kappa shape index (κ1) is 19.9. The van der Waals surface area contributed by atoms with E-state index in [1.54, 1.807) is 6.33 Å². The van der Waals surface area contributed by atoms with Gasteiger partial charge in [-0.25, -0.2) is 9.97 Å². The van der Waals surface area contributed by atoms with Crippen molar-refractivity contribution in [3.05, 3.63) is 51.9 Å². The van der Waals surface area contributed by atoms with Gasteiger partial charge in [-0.1, -0.05) is 28.1 Å². The third-order valence-electron chi connectivity index (χ3n) is 8.16. The van der Waals surface area contributed by atoms with E-state index in [4.69, 9.17) is 0 Å². The second-order valence-corrected chi connectivity index (χ2v) is 11.3. The molecule has 1 aromatic heterocycles. The molecule has 0 saturated heterocycles. The molecule has 0 spiro atoms. The van der Waals surface area contributed by atoms with Crippen molar-refractivity contribution in [2.45, 2.75) is 58.0 Å². The Bertz CT molecular complexity index is 970. The highest BCUT2D eigenvalue weighted by molar-refractivity contribution is 9.10. The average Bonchev–Trinajstić information content (AvgIpc) is 2.74. The lowest BCUT2D eigenvalue weighted by Gasteiger charge is -2.55. The number of carbonyl (C=O) groups is 1. The van der Waals surface area contributed by atoms with Gasteiger partial charge in [-0.3, -0.25) is 9.69 Å². The molecule has 4 fully saturated rings. The lowest BCUT2D eigenvalue weighted by molar-refractivity contribution is -0.140. The summed E-state index contributed by atoms with van der Waals surface area (Å²) in [5, 5.41) is 3.28. The highest BCUT2D eigenvalue weighted by atomic mass is 79.9. The Kier molecular flexibility index (Phi) is 4.91. The van der Waals surface area contributed by atoms with Gasteiger partial charge in [0.1, 0.15) is 12.1 Å². The Labute approximate surface area is 192 Å². The number of amides is 1. The first-order valence-electron chi connectivity index (χ1n) is 11.7. The minimum Gasteiger partial charge on any atom is -0.310 e. The molecule has 2 heterocycles. The molecule has 4 aliphatic carbocycles. The smallest absolute Gasteiger partial charge is 0.231 e. The highest BCUT2D eigenvalue weighted by Gasteiger charge is 2.54. The van der Waals surface area contributed by atoms with Gasteiger partial charge in [0.2, 0.25) is 5.91 Å². The molecule has 1 aromatic carbocycles. The van der Waals surface area contributed by atoms with Crippen LogP contribution in [0, 0.1) is 23.2 Å². The third-order valence-corrected chi connectivity index (χ3v) is 8.69. The van der Waals surface area contributed by atoms with Crippen LogP contribution in [0.2, 0.25) is 0 Å². The number of hydrogen-bond donors (Lipinski definition) is 1. The predicted octanol–water partition coefficient (Wildman–Crippen LogP) is 4.95. The topological polar surface area (TPSA) is 58.1 Å². The van der Waals surface area contributed by atoms with Crippen molar-refractivity contribution in [3.63, 3.8) is 0 Å². The van der Waals surface area contributed by atoms with Gasteiger partial charge in [-0.05, 0) is 80.4 Å². The SMILES string of the molecule is O=C(Nc1ncnc2c1CCN(Cc1ccc(Br)cc1)C2)C12CC3CC(CC(C3)C1)C2. The van der Waals surface area contributed by atoms with Crippen LogP contribution in [0.3, 0.4) is 0 Å². The molecule has 5 aliphatic rings. The van der Waals surface area contributed by atoms with E-state index < -0.39 is 0 Å². The van der Waals surface area contributed by atoms with E-state index in [0.717, 1.165) is 84.6 Å². The van der Waals surface area contributed by atoms with Gasteiger partial charge in [-0.15, -0.1) is 0 Å². The summed E-state index contributed by atoms with van der Waals surface area (Å²) in [6, 6.07) is 8.51. The van der Waals surface area contributed by atoms with Crippen LogP contribution in [-0.4, -0.2) is 27.3 Å². The molecule has 7 rings (SSSR count). The number of nitrogens with zero attached hydrogens (tertiary/aromatic N) is 3. The minimum atomic E-state index is -0.144. The second kappa shape index (κ2) is 7.66. The standard InChI is InChI=1S/C25H29BrN4O/c26-20-3-1-16(2-4-20)13-30-6-5-21-22(14-30)27-15-28-23(21)29-24(31)25-10-17-7-18(11-25)9-19(8-17)12-25/h1-4,15,17-19H,5-14H2,(H,27,28,29,31). The van der Waals surface area contributed by atoms with Crippen LogP contribution in [0.15, 0.2) is 35.1 Å². The van der Waals surface area contributed by atoms with Crippen molar-refractivity contribution in [3.8, 4) is 0 Å². The fourth-order valence-corrected chi connectivity index (χ4v) is 7.39. The summed E-state index contributed by atoms with van der Waals surface area (Å²) >= 11 is 3.50. The number of rotatable bonds is 4. The molecule has 1 amide bonds. The number of aromatic nitrogens is 2. The number of carbonyl (C=O) groups excluding carboxylic acids is 1. The normalized spacial score (nSPS) is 31.5. The van der Waals surface area contributed by atoms with E-state index >= 15 is 0 Å². The molecule has 31 heavy (non-hydrogen) atoms. The quantitative estimate of drug-likeness (QED) is 0.672. The molecular weight excluding hydrogens is 452 g/mol. The van der Waals surface area contributed by atoms with Crippen molar-refractivity contribution in [1.82, 2.24) is 14.9 Å². The lowest BCUT2D eigenvalue weighted by Crippen LogP contribution is -2.52. The lowest BCUT2D eigenvalue weighted by atomic mass is 9.49. The van der Waals surface area contributed by atoms with Crippen LogP contribution in [-0.2, 0) is 24.3 Å². The molecule has 162 valence electrons. The number of nitrogens with one attached hydrogen (secondary N) is 1. The number of benzene rings is 1. The molecule has 0 atom stereocenters. The molecule has 4 bridgehead atoms. The summed E-state index contributed by atoms with van der Waals surface area (Å²) < 4.78 is 1.10. The zero-order valence-electron chi connectivity index (χ0n) is 17.8. The van der Waals surface area contributed by atoms with Crippen LogP contribution in [0.4, 0.5) is 5.82 Å². The first-order valence-corrected chi connectivity index (χ1v) is 12.5. The maximum absolute atomic E-state index is 13.5. The van der Waals surface area contributed by atoms with Gasteiger partial charge in [0.05, 0.1) is 11.1 Å². The van der Waals surface area contributed by atoms with Gasteiger partial charge in [-0.2, -0.15) is 0 Å². The largest absolute Gasteiger partial charge is 0.310 e. The fourth-order valence-electron chi connectivity index (χ4n) is 7.13. The maximum atomic E-state index is 13.5.